The predicted molar refractivity (Wildman–Crippen MR) is 95.3 cm³/mol. The van der Waals surface area contributed by atoms with E-state index in [1.165, 1.54) is 0 Å². The lowest BCUT2D eigenvalue weighted by Crippen LogP contribution is -2.46. The van der Waals surface area contributed by atoms with E-state index in [1.807, 2.05) is 36.7 Å². The summed E-state index contributed by atoms with van der Waals surface area (Å²) in [7, 11) is 0. The van der Waals surface area contributed by atoms with E-state index in [9.17, 15) is 0 Å². The van der Waals surface area contributed by atoms with Crippen LogP contribution < -0.4 is 4.90 Å². The third kappa shape index (κ3) is 3.09. The van der Waals surface area contributed by atoms with Gasteiger partial charge in [0.25, 0.3) is 0 Å². The molecule has 0 amide bonds. The summed E-state index contributed by atoms with van der Waals surface area (Å²) in [5.41, 5.74) is 1.88. The molecule has 1 saturated heterocycles. The molecule has 4 rings (SSSR count). The van der Waals surface area contributed by atoms with Gasteiger partial charge in [-0.2, -0.15) is 0 Å². The second-order valence-electron chi connectivity index (χ2n) is 5.79. The fourth-order valence-electron chi connectivity index (χ4n) is 3.01. The third-order valence-corrected chi connectivity index (χ3v) is 4.89. The smallest absolute Gasteiger partial charge is 0.189 e. The maximum absolute atomic E-state index is 5.40. The SMILES string of the molecule is CSc1nccc(N2CCN(Cc3noc4ccccc34)CC2)n1. The van der Waals surface area contributed by atoms with Crippen molar-refractivity contribution in [1.29, 1.82) is 0 Å². The quantitative estimate of drug-likeness (QED) is 0.534. The molecule has 0 radical (unpaired) electrons. The zero-order chi connectivity index (χ0) is 16.4. The van der Waals surface area contributed by atoms with Crippen LogP contribution in [0.5, 0.6) is 0 Å². The topological polar surface area (TPSA) is 58.3 Å². The molecule has 1 aromatic carbocycles. The summed E-state index contributed by atoms with van der Waals surface area (Å²) in [5.74, 6) is 1.01. The number of hydrogen-bond acceptors (Lipinski definition) is 7. The summed E-state index contributed by atoms with van der Waals surface area (Å²) >= 11 is 1.57. The van der Waals surface area contributed by atoms with E-state index in [4.69, 9.17) is 4.52 Å². The van der Waals surface area contributed by atoms with Crippen molar-refractivity contribution in [3.63, 3.8) is 0 Å². The molecule has 1 aliphatic rings. The highest BCUT2D eigenvalue weighted by Crippen LogP contribution is 2.21. The number of benzene rings is 1. The average molecular weight is 341 g/mol. The van der Waals surface area contributed by atoms with Crippen molar-refractivity contribution in [3.8, 4) is 0 Å². The zero-order valence-electron chi connectivity index (χ0n) is 13.6. The Bertz CT molecular complexity index is 828. The fraction of sp³-hybridized carbons (Fsp3) is 0.353. The molecule has 0 atom stereocenters. The van der Waals surface area contributed by atoms with Crippen LogP contribution in [0.15, 0.2) is 46.2 Å². The molecule has 0 bridgehead atoms. The minimum Gasteiger partial charge on any atom is -0.356 e. The molecule has 0 saturated carbocycles. The summed E-state index contributed by atoms with van der Waals surface area (Å²) in [6, 6.07) is 10.0. The van der Waals surface area contributed by atoms with Crippen LogP contribution in [-0.4, -0.2) is 52.5 Å². The number of para-hydroxylation sites is 1. The summed E-state index contributed by atoms with van der Waals surface area (Å²) in [6.07, 6.45) is 3.83. The standard InChI is InChI=1S/C17H19N5OS/c1-24-17-18-7-6-16(19-17)22-10-8-21(9-11-22)12-14-13-4-2-3-5-15(13)23-20-14/h2-7H,8-12H2,1H3. The van der Waals surface area contributed by atoms with Crippen molar-refractivity contribution in [1.82, 2.24) is 20.0 Å². The first kappa shape index (κ1) is 15.4. The van der Waals surface area contributed by atoms with Crippen LogP contribution >= 0.6 is 11.8 Å². The maximum atomic E-state index is 5.40. The number of hydrogen-bond donors (Lipinski definition) is 0. The van der Waals surface area contributed by atoms with Crippen LogP contribution in [0.1, 0.15) is 5.69 Å². The van der Waals surface area contributed by atoms with Crippen LogP contribution in [0.25, 0.3) is 11.0 Å². The third-order valence-electron chi connectivity index (χ3n) is 4.32. The van der Waals surface area contributed by atoms with Gasteiger partial charge in [-0.15, -0.1) is 0 Å². The van der Waals surface area contributed by atoms with E-state index in [-0.39, 0.29) is 0 Å². The highest BCUT2D eigenvalue weighted by Gasteiger charge is 2.20. The van der Waals surface area contributed by atoms with E-state index < -0.39 is 0 Å². The molecule has 0 spiro atoms. The normalized spacial score (nSPS) is 16.0. The first-order chi connectivity index (χ1) is 11.8. The highest BCUT2D eigenvalue weighted by atomic mass is 32.2. The Morgan fingerprint density at radius 3 is 2.79 bits per heavy atom. The van der Waals surface area contributed by atoms with E-state index >= 15 is 0 Å². The molecule has 1 aliphatic heterocycles. The number of thioether (sulfide) groups is 1. The number of anilines is 1. The van der Waals surface area contributed by atoms with Gasteiger partial charge in [0, 0.05) is 44.3 Å². The van der Waals surface area contributed by atoms with Gasteiger partial charge >= 0.3 is 0 Å². The Labute approximate surface area is 144 Å². The minimum atomic E-state index is 0.823. The van der Waals surface area contributed by atoms with Crippen LogP contribution in [0.3, 0.4) is 0 Å². The van der Waals surface area contributed by atoms with E-state index in [1.54, 1.807) is 11.8 Å². The van der Waals surface area contributed by atoms with Crippen molar-refractivity contribution in [2.75, 3.05) is 37.3 Å². The van der Waals surface area contributed by atoms with Crippen LogP contribution in [-0.2, 0) is 6.54 Å². The monoisotopic (exact) mass is 341 g/mol. The van der Waals surface area contributed by atoms with Crippen LogP contribution in [0.4, 0.5) is 5.82 Å². The number of rotatable bonds is 4. The molecule has 2 aromatic heterocycles. The lowest BCUT2D eigenvalue weighted by atomic mass is 10.2. The molecule has 3 aromatic rings. The van der Waals surface area contributed by atoms with E-state index in [0.717, 1.165) is 60.4 Å². The molecular formula is C17H19N5OS. The molecular weight excluding hydrogens is 322 g/mol. The highest BCUT2D eigenvalue weighted by molar-refractivity contribution is 7.98. The van der Waals surface area contributed by atoms with Crippen molar-refractivity contribution < 1.29 is 4.52 Å². The van der Waals surface area contributed by atoms with Gasteiger partial charge in [-0.3, -0.25) is 4.90 Å². The summed E-state index contributed by atoms with van der Waals surface area (Å²) in [4.78, 5) is 13.6. The number of fused-ring (bicyclic) bond motifs is 1. The molecule has 124 valence electrons. The summed E-state index contributed by atoms with van der Waals surface area (Å²) in [6.45, 7) is 4.71. The zero-order valence-corrected chi connectivity index (χ0v) is 14.4. The van der Waals surface area contributed by atoms with Gasteiger partial charge in [0.2, 0.25) is 0 Å². The minimum absolute atomic E-state index is 0.823. The number of aromatic nitrogens is 3. The Morgan fingerprint density at radius 2 is 1.96 bits per heavy atom. The second kappa shape index (κ2) is 6.78. The van der Waals surface area contributed by atoms with E-state index in [2.05, 4.69) is 31.0 Å². The summed E-state index contributed by atoms with van der Waals surface area (Å²) < 4.78 is 5.40. The van der Waals surface area contributed by atoms with Crippen molar-refractivity contribution in [3.05, 3.63) is 42.2 Å². The van der Waals surface area contributed by atoms with Gasteiger partial charge in [0.15, 0.2) is 10.7 Å². The second-order valence-corrected chi connectivity index (χ2v) is 6.56. The van der Waals surface area contributed by atoms with Crippen molar-refractivity contribution >= 4 is 28.5 Å². The van der Waals surface area contributed by atoms with Gasteiger partial charge in [-0.1, -0.05) is 29.1 Å². The Morgan fingerprint density at radius 1 is 1.12 bits per heavy atom. The average Bonchev–Trinajstić information content (AvgIpc) is 3.05. The fourth-order valence-corrected chi connectivity index (χ4v) is 3.36. The number of piperazine rings is 1. The van der Waals surface area contributed by atoms with Crippen LogP contribution in [0, 0.1) is 0 Å². The Hall–Kier alpha value is -2.12. The molecule has 24 heavy (non-hydrogen) atoms. The molecule has 1 fully saturated rings. The van der Waals surface area contributed by atoms with E-state index in [0.29, 0.717) is 0 Å². The Balaban J connectivity index is 1.41. The van der Waals surface area contributed by atoms with Gasteiger partial charge < -0.3 is 9.42 Å². The lowest BCUT2D eigenvalue weighted by Gasteiger charge is -2.35. The molecule has 0 aliphatic carbocycles. The first-order valence-electron chi connectivity index (χ1n) is 8.01. The molecule has 6 nitrogen and oxygen atoms in total. The van der Waals surface area contributed by atoms with Crippen molar-refractivity contribution in [2.45, 2.75) is 11.7 Å². The lowest BCUT2D eigenvalue weighted by molar-refractivity contribution is 0.242. The van der Waals surface area contributed by atoms with Gasteiger partial charge in [-0.25, -0.2) is 9.97 Å². The van der Waals surface area contributed by atoms with Gasteiger partial charge in [-0.05, 0) is 24.5 Å². The predicted octanol–water partition coefficient (Wildman–Crippen LogP) is 2.66. The molecule has 0 unspecified atom stereocenters. The Kier molecular flexibility index (Phi) is 4.36. The summed E-state index contributed by atoms with van der Waals surface area (Å²) in [5, 5.41) is 6.17. The van der Waals surface area contributed by atoms with Gasteiger partial charge in [0.1, 0.15) is 11.5 Å². The molecule has 7 heteroatoms. The number of nitrogens with zero attached hydrogens (tertiary/aromatic N) is 5. The largest absolute Gasteiger partial charge is 0.356 e. The van der Waals surface area contributed by atoms with Gasteiger partial charge in [0.05, 0.1) is 0 Å². The maximum Gasteiger partial charge on any atom is 0.189 e. The van der Waals surface area contributed by atoms with Crippen LogP contribution in [0.2, 0.25) is 0 Å². The molecule has 0 N–H and O–H groups in total. The first-order valence-corrected chi connectivity index (χ1v) is 9.23. The van der Waals surface area contributed by atoms with Crippen molar-refractivity contribution in [2.24, 2.45) is 0 Å². The molecule has 3 heterocycles.